The lowest BCUT2D eigenvalue weighted by Gasteiger charge is -2.07. The second-order valence-corrected chi connectivity index (χ2v) is 5.12. The molecule has 102 valence electrons. The summed E-state index contributed by atoms with van der Waals surface area (Å²) in [6.07, 6.45) is 1.43. The molecule has 19 heavy (non-hydrogen) atoms. The first-order valence-corrected chi connectivity index (χ1v) is 6.47. The van der Waals surface area contributed by atoms with E-state index in [-0.39, 0.29) is 5.82 Å². The van der Waals surface area contributed by atoms with E-state index in [9.17, 15) is 4.39 Å². The average molecular weight is 262 g/mol. The lowest BCUT2D eigenvalue weighted by molar-refractivity contribution is 0.545. The Labute approximate surface area is 112 Å². The summed E-state index contributed by atoms with van der Waals surface area (Å²) in [4.78, 5) is 4.22. The van der Waals surface area contributed by atoms with E-state index in [1.165, 1.54) is 12.5 Å². The van der Waals surface area contributed by atoms with Crippen molar-refractivity contribution in [1.29, 1.82) is 0 Å². The van der Waals surface area contributed by atoms with Crippen LogP contribution in [-0.2, 0) is 6.54 Å². The summed E-state index contributed by atoms with van der Waals surface area (Å²) in [5.74, 6) is 1.09. The van der Waals surface area contributed by atoms with Crippen LogP contribution in [0.2, 0.25) is 0 Å². The van der Waals surface area contributed by atoms with Crippen molar-refractivity contribution < 1.29 is 8.81 Å². The van der Waals surface area contributed by atoms with E-state index >= 15 is 0 Å². The van der Waals surface area contributed by atoms with E-state index in [1.54, 1.807) is 19.1 Å². The minimum atomic E-state index is -0.206. The van der Waals surface area contributed by atoms with Gasteiger partial charge in [0, 0.05) is 12.1 Å². The van der Waals surface area contributed by atoms with Crippen molar-refractivity contribution in [1.82, 2.24) is 10.3 Å². The molecule has 1 N–H and O–H groups in total. The van der Waals surface area contributed by atoms with Crippen LogP contribution in [0.25, 0.3) is 11.3 Å². The molecule has 0 fully saturated rings. The highest BCUT2D eigenvalue weighted by Gasteiger charge is 2.11. The summed E-state index contributed by atoms with van der Waals surface area (Å²) < 4.78 is 18.7. The van der Waals surface area contributed by atoms with Gasteiger partial charge in [0.2, 0.25) is 0 Å². The molecule has 0 spiro atoms. The average Bonchev–Trinajstić information content (AvgIpc) is 2.80. The van der Waals surface area contributed by atoms with Crippen LogP contribution >= 0.6 is 0 Å². The fourth-order valence-electron chi connectivity index (χ4n) is 1.90. The Morgan fingerprint density at radius 3 is 2.84 bits per heavy atom. The third-order valence-electron chi connectivity index (χ3n) is 2.91. The Hall–Kier alpha value is -1.68. The second kappa shape index (κ2) is 5.97. The van der Waals surface area contributed by atoms with Gasteiger partial charge in [0.25, 0.3) is 0 Å². The fourth-order valence-corrected chi connectivity index (χ4v) is 1.90. The summed E-state index contributed by atoms with van der Waals surface area (Å²) in [5.41, 5.74) is 2.32. The van der Waals surface area contributed by atoms with Gasteiger partial charge in [0.1, 0.15) is 11.5 Å². The number of aryl methyl sites for hydroxylation is 1. The summed E-state index contributed by atoms with van der Waals surface area (Å²) in [6.45, 7) is 7.63. The van der Waals surface area contributed by atoms with Gasteiger partial charge in [-0.15, -0.1) is 0 Å². The van der Waals surface area contributed by atoms with Gasteiger partial charge in [-0.1, -0.05) is 13.8 Å². The van der Waals surface area contributed by atoms with Gasteiger partial charge in [0.15, 0.2) is 12.2 Å². The van der Waals surface area contributed by atoms with Crippen molar-refractivity contribution >= 4 is 0 Å². The standard InChI is InChI=1S/C15H19FN2O/c1-10(2)7-17-8-14-15(19-9-18-14)12-4-5-13(16)11(3)6-12/h4-6,9-10,17H,7-8H2,1-3H3. The topological polar surface area (TPSA) is 38.1 Å². The Kier molecular flexibility index (Phi) is 4.32. The zero-order valence-corrected chi connectivity index (χ0v) is 11.5. The van der Waals surface area contributed by atoms with Gasteiger partial charge in [-0.2, -0.15) is 0 Å². The molecule has 0 saturated carbocycles. The summed E-state index contributed by atoms with van der Waals surface area (Å²) in [7, 11) is 0. The van der Waals surface area contributed by atoms with Gasteiger partial charge in [-0.05, 0) is 43.1 Å². The minimum Gasteiger partial charge on any atom is -0.443 e. The normalized spacial score (nSPS) is 11.2. The largest absolute Gasteiger partial charge is 0.443 e. The molecule has 0 atom stereocenters. The van der Waals surface area contributed by atoms with E-state index in [1.807, 2.05) is 0 Å². The molecule has 0 aliphatic heterocycles. The molecular formula is C15H19FN2O. The van der Waals surface area contributed by atoms with E-state index in [0.717, 1.165) is 17.8 Å². The van der Waals surface area contributed by atoms with Gasteiger partial charge in [-0.3, -0.25) is 0 Å². The number of nitrogens with one attached hydrogen (secondary N) is 1. The highest BCUT2D eigenvalue weighted by atomic mass is 19.1. The Balaban J connectivity index is 2.16. The van der Waals surface area contributed by atoms with E-state index in [0.29, 0.717) is 23.8 Å². The number of oxazole rings is 1. The first-order chi connectivity index (χ1) is 9.08. The van der Waals surface area contributed by atoms with E-state index in [4.69, 9.17) is 4.42 Å². The first-order valence-electron chi connectivity index (χ1n) is 6.47. The monoisotopic (exact) mass is 262 g/mol. The molecule has 2 aromatic rings. The minimum absolute atomic E-state index is 0.206. The molecular weight excluding hydrogens is 243 g/mol. The molecule has 0 unspecified atom stereocenters. The lowest BCUT2D eigenvalue weighted by atomic mass is 10.1. The molecule has 0 bridgehead atoms. The number of rotatable bonds is 5. The van der Waals surface area contributed by atoms with Crippen LogP contribution in [0.1, 0.15) is 25.1 Å². The van der Waals surface area contributed by atoms with Gasteiger partial charge in [0.05, 0.1) is 0 Å². The third-order valence-corrected chi connectivity index (χ3v) is 2.91. The molecule has 1 aromatic heterocycles. The molecule has 0 aliphatic rings. The smallest absolute Gasteiger partial charge is 0.181 e. The molecule has 0 aliphatic carbocycles. The van der Waals surface area contributed by atoms with Gasteiger partial charge in [-0.25, -0.2) is 9.37 Å². The summed E-state index contributed by atoms with van der Waals surface area (Å²) >= 11 is 0. The molecule has 0 radical (unpaired) electrons. The van der Waals surface area contributed by atoms with Crippen molar-refractivity contribution in [2.75, 3.05) is 6.54 Å². The Morgan fingerprint density at radius 2 is 2.16 bits per heavy atom. The highest BCUT2D eigenvalue weighted by molar-refractivity contribution is 5.60. The van der Waals surface area contributed by atoms with E-state index < -0.39 is 0 Å². The van der Waals surface area contributed by atoms with Crippen LogP contribution in [-0.4, -0.2) is 11.5 Å². The number of halogens is 1. The van der Waals surface area contributed by atoms with Crippen LogP contribution in [0.5, 0.6) is 0 Å². The first kappa shape index (κ1) is 13.7. The maximum atomic E-state index is 13.3. The second-order valence-electron chi connectivity index (χ2n) is 5.12. The zero-order chi connectivity index (χ0) is 13.8. The Bertz CT molecular complexity index is 549. The molecule has 1 aromatic carbocycles. The number of hydrogen-bond acceptors (Lipinski definition) is 3. The van der Waals surface area contributed by atoms with Crippen molar-refractivity contribution in [2.45, 2.75) is 27.3 Å². The maximum Gasteiger partial charge on any atom is 0.181 e. The van der Waals surface area contributed by atoms with Gasteiger partial charge < -0.3 is 9.73 Å². The Morgan fingerprint density at radius 1 is 1.37 bits per heavy atom. The van der Waals surface area contributed by atoms with E-state index in [2.05, 4.69) is 24.1 Å². The van der Waals surface area contributed by atoms with Crippen LogP contribution in [0.4, 0.5) is 4.39 Å². The van der Waals surface area contributed by atoms with Crippen LogP contribution in [0.15, 0.2) is 29.0 Å². The molecule has 0 saturated heterocycles. The highest BCUT2D eigenvalue weighted by Crippen LogP contribution is 2.24. The number of aromatic nitrogens is 1. The van der Waals surface area contributed by atoms with Crippen LogP contribution in [0, 0.1) is 18.7 Å². The predicted molar refractivity (Wildman–Crippen MR) is 73.2 cm³/mol. The van der Waals surface area contributed by atoms with Crippen molar-refractivity contribution in [3.8, 4) is 11.3 Å². The molecule has 3 nitrogen and oxygen atoms in total. The summed E-state index contributed by atoms with van der Waals surface area (Å²) in [6, 6.07) is 4.95. The quantitative estimate of drug-likeness (QED) is 0.895. The van der Waals surface area contributed by atoms with Gasteiger partial charge >= 0.3 is 0 Å². The molecule has 1 heterocycles. The number of hydrogen-bond donors (Lipinski definition) is 1. The van der Waals surface area contributed by atoms with Crippen molar-refractivity contribution in [3.63, 3.8) is 0 Å². The SMILES string of the molecule is Cc1cc(-c2ocnc2CNCC(C)C)ccc1F. The third kappa shape index (κ3) is 3.41. The molecule has 4 heteroatoms. The van der Waals surface area contributed by atoms with Crippen LogP contribution < -0.4 is 5.32 Å². The van der Waals surface area contributed by atoms with Crippen molar-refractivity contribution in [2.24, 2.45) is 5.92 Å². The summed E-state index contributed by atoms with van der Waals surface area (Å²) in [5, 5.41) is 3.33. The molecule has 0 amide bonds. The fraction of sp³-hybridized carbons (Fsp3) is 0.400. The predicted octanol–water partition coefficient (Wildman–Crippen LogP) is 3.53. The molecule has 2 rings (SSSR count). The number of nitrogens with zero attached hydrogens (tertiary/aromatic N) is 1. The van der Waals surface area contributed by atoms with Crippen molar-refractivity contribution in [3.05, 3.63) is 41.7 Å². The van der Waals surface area contributed by atoms with Crippen LogP contribution in [0.3, 0.4) is 0 Å². The lowest BCUT2D eigenvalue weighted by Crippen LogP contribution is -2.19. The number of benzene rings is 1. The maximum absolute atomic E-state index is 13.3. The zero-order valence-electron chi connectivity index (χ0n) is 11.5.